The van der Waals surface area contributed by atoms with E-state index in [-0.39, 0.29) is 36.6 Å². The molecule has 1 saturated carbocycles. The average molecular weight is 337 g/mol. The standard InChI is InChI=1S/C18H21ClO4/c1-10(2)5-12-16(18(12,3)4)17(20)21-8-11-6-14-15(7-13(11)19)23-9-22-14/h5-7,12,16H,8-9H2,1-4H3. The van der Waals surface area contributed by atoms with E-state index < -0.39 is 0 Å². The van der Waals surface area contributed by atoms with Gasteiger partial charge in [-0.2, -0.15) is 0 Å². The number of rotatable bonds is 4. The predicted octanol–water partition coefficient (Wildman–Crippen LogP) is 4.35. The summed E-state index contributed by atoms with van der Waals surface area (Å²) in [5, 5.41) is 0.512. The van der Waals surface area contributed by atoms with Crippen molar-refractivity contribution in [1.29, 1.82) is 0 Å². The first-order valence-electron chi connectivity index (χ1n) is 7.70. The first-order valence-corrected chi connectivity index (χ1v) is 8.08. The van der Waals surface area contributed by atoms with Crippen LogP contribution in [0.25, 0.3) is 0 Å². The first-order chi connectivity index (χ1) is 10.8. The van der Waals surface area contributed by atoms with Crippen molar-refractivity contribution < 1.29 is 19.0 Å². The molecular weight excluding hydrogens is 316 g/mol. The van der Waals surface area contributed by atoms with Gasteiger partial charge in [0.2, 0.25) is 6.79 Å². The molecule has 1 aliphatic carbocycles. The molecule has 1 aliphatic heterocycles. The van der Waals surface area contributed by atoms with Gasteiger partial charge in [0.25, 0.3) is 0 Å². The van der Waals surface area contributed by atoms with Gasteiger partial charge in [0.1, 0.15) is 6.61 Å². The van der Waals surface area contributed by atoms with Gasteiger partial charge in [0.05, 0.1) is 10.9 Å². The van der Waals surface area contributed by atoms with Gasteiger partial charge in [-0.25, -0.2) is 0 Å². The quantitative estimate of drug-likeness (QED) is 0.605. The highest BCUT2D eigenvalue weighted by Gasteiger charge is 2.61. The normalized spacial score (nSPS) is 23.3. The van der Waals surface area contributed by atoms with Crippen molar-refractivity contribution in [1.82, 2.24) is 0 Å². The van der Waals surface area contributed by atoms with E-state index in [0.29, 0.717) is 16.5 Å². The van der Waals surface area contributed by atoms with E-state index in [4.69, 9.17) is 25.8 Å². The molecule has 2 aliphatic rings. The molecule has 0 N–H and O–H groups in total. The number of allylic oxidation sites excluding steroid dienone is 2. The number of carbonyl (C=O) groups excluding carboxylic acids is 1. The maximum atomic E-state index is 12.4. The highest BCUT2D eigenvalue weighted by atomic mass is 35.5. The van der Waals surface area contributed by atoms with Crippen molar-refractivity contribution in [2.45, 2.75) is 34.3 Å². The fraction of sp³-hybridized carbons (Fsp3) is 0.500. The topological polar surface area (TPSA) is 44.8 Å². The zero-order valence-electron chi connectivity index (χ0n) is 13.8. The summed E-state index contributed by atoms with van der Waals surface area (Å²) in [7, 11) is 0. The van der Waals surface area contributed by atoms with Gasteiger partial charge in [0, 0.05) is 11.6 Å². The Morgan fingerprint density at radius 1 is 1.35 bits per heavy atom. The lowest BCUT2D eigenvalue weighted by atomic mass is 10.1. The molecule has 2 unspecified atom stereocenters. The van der Waals surface area contributed by atoms with Crippen LogP contribution in [-0.4, -0.2) is 12.8 Å². The molecule has 1 heterocycles. The maximum absolute atomic E-state index is 12.4. The molecule has 1 fully saturated rings. The zero-order chi connectivity index (χ0) is 16.8. The molecule has 0 spiro atoms. The van der Waals surface area contributed by atoms with Crippen LogP contribution in [0, 0.1) is 17.3 Å². The van der Waals surface area contributed by atoms with E-state index in [2.05, 4.69) is 19.9 Å². The van der Waals surface area contributed by atoms with Crippen LogP contribution in [0.15, 0.2) is 23.8 Å². The van der Waals surface area contributed by atoms with Crippen LogP contribution in [0.3, 0.4) is 0 Å². The van der Waals surface area contributed by atoms with Crippen molar-refractivity contribution in [3.05, 3.63) is 34.4 Å². The van der Waals surface area contributed by atoms with Crippen molar-refractivity contribution in [3.8, 4) is 11.5 Å². The molecule has 0 amide bonds. The number of ether oxygens (including phenoxy) is 3. The Labute approximate surface area is 141 Å². The minimum absolute atomic E-state index is 0.0486. The molecule has 23 heavy (non-hydrogen) atoms. The SMILES string of the molecule is CC(C)=CC1C(C(=O)OCc2cc3c(cc2Cl)OCO3)C1(C)C. The lowest BCUT2D eigenvalue weighted by Gasteiger charge is -2.08. The molecule has 0 bridgehead atoms. The molecule has 3 rings (SSSR count). The van der Waals surface area contributed by atoms with E-state index in [1.807, 2.05) is 13.8 Å². The second-order valence-corrected chi connectivity index (χ2v) is 7.38. The summed E-state index contributed by atoms with van der Waals surface area (Å²) in [5.41, 5.74) is 1.89. The third-order valence-electron chi connectivity index (χ3n) is 4.59. The van der Waals surface area contributed by atoms with Gasteiger partial charge < -0.3 is 14.2 Å². The second kappa shape index (κ2) is 5.75. The Morgan fingerprint density at radius 2 is 2.00 bits per heavy atom. The second-order valence-electron chi connectivity index (χ2n) is 6.97. The highest BCUT2D eigenvalue weighted by Crippen LogP contribution is 2.59. The fourth-order valence-corrected chi connectivity index (χ4v) is 3.31. The van der Waals surface area contributed by atoms with E-state index in [1.165, 1.54) is 5.57 Å². The van der Waals surface area contributed by atoms with Crippen molar-refractivity contribution in [2.24, 2.45) is 17.3 Å². The third kappa shape index (κ3) is 3.05. The fourth-order valence-electron chi connectivity index (χ4n) is 3.11. The van der Waals surface area contributed by atoms with Gasteiger partial charge in [-0.1, -0.05) is 37.1 Å². The smallest absolute Gasteiger partial charge is 0.310 e. The van der Waals surface area contributed by atoms with Gasteiger partial charge in [-0.3, -0.25) is 4.79 Å². The van der Waals surface area contributed by atoms with Crippen LogP contribution in [0.2, 0.25) is 5.02 Å². The Bertz CT molecular complexity index is 674. The largest absolute Gasteiger partial charge is 0.461 e. The van der Waals surface area contributed by atoms with Crippen LogP contribution in [0.1, 0.15) is 33.3 Å². The highest BCUT2D eigenvalue weighted by molar-refractivity contribution is 6.31. The third-order valence-corrected chi connectivity index (χ3v) is 4.94. The maximum Gasteiger partial charge on any atom is 0.310 e. The van der Waals surface area contributed by atoms with Crippen LogP contribution >= 0.6 is 11.6 Å². The number of fused-ring (bicyclic) bond motifs is 1. The van der Waals surface area contributed by atoms with Crippen LogP contribution in [0.5, 0.6) is 11.5 Å². The Balaban J connectivity index is 1.65. The molecule has 2 atom stereocenters. The number of esters is 1. The van der Waals surface area contributed by atoms with Crippen LogP contribution in [-0.2, 0) is 16.1 Å². The van der Waals surface area contributed by atoms with Crippen molar-refractivity contribution >= 4 is 17.6 Å². The minimum Gasteiger partial charge on any atom is -0.461 e. The summed E-state index contributed by atoms with van der Waals surface area (Å²) >= 11 is 6.20. The minimum atomic E-state index is -0.175. The van der Waals surface area contributed by atoms with Gasteiger partial charge in [-0.15, -0.1) is 0 Å². The molecular formula is C18H21ClO4. The number of benzene rings is 1. The van der Waals surface area contributed by atoms with Crippen molar-refractivity contribution in [3.63, 3.8) is 0 Å². The van der Waals surface area contributed by atoms with E-state index in [1.54, 1.807) is 12.1 Å². The number of carbonyl (C=O) groups is 1. The average Bonchev–Trinajstić information content (AvgIpc) is 2.82. The summed E-state index contributed by atoms with van der Waals surface area (Å²) in [6.45, 7) is 8.61. The molecule has 1 aromatic rings. The summed E-state index contributed by atoms with van der Waals surface area (Å²) in [4.78, 5) is 12.4. The van der Waals surface area contributed by atoms with E-state index in [9.17, 15) is 4.79 Å². The molecule has 1 aromatic carbocycles. The summed E-state index contributed by atoms with van der Waals surface area (Å²) < 4.78 is 16.1. The summed E-state index contributed by atoms with van der Waals surface area (Å²) in [6, 6.07) is 3.46. The summed E-state index contributed by atoms with van der Waals surface area (Å²) in [5.74, 6) is 1.23. The van der Waals surface area contributed by atoms with Gasteiger partial charge >= 0.3 is 5.97 Å². The van der Waals surface area contributed by atoms with Crippen molar-refractivity contribution in [2.75, 3.05) is 6.79 Å². The number of hydrogen-bond donors (Lipinski definition) is 0. The zero-order valence-corrected chi connectivity index (χ0v) is 14.6. The van der Waals surface area contributed by atoms with Crippen LogP contribution in [0.4, 0.5) is 0 Å². The Morgan fingerprint density at radius 3 is 2.65 bits per heavy atom. The number of halogens is 1. The van der Waals surface area contributed by atoms with E-state index in [0.717, 1.165) is 5.56 Å². The lowest BCUT2D eigenvalue weighted by molar-refractivity contribution is -0.147. The van der Waals surface area contributed by atoms with E-state index >= 15 is 0 Å². The lowest BCUT2D eigenvalue weighted by Crippen LogP contribution is -2.10. The summed E-state index contributed by atoms with van der Waals surface area (Å²) in [6.07, 6.45) is 2.15. The molecule has 4 nitrogen and oxygen atoms in total. The Hall–Kier alpha value is -1.68. The van der Waals surface area contributed by atoms with Gasteiger partial charge in [0.15, 0.2) is 11.5 Å². The number of hydrogen-bond acceptors (Lipinski definition) is 4. The molecule has 124 valence electrons. The molecule has 0 radical (unpaired) electrons. The predicted molar refractivity (Wildman–Crippen MR) is 87.6 cm³/mol. The molecule has 0 aromatic heterocycles. The Kier molecular flexibility index (Phi) is 4.05. The van der Waals surface area contributed by atoms with Crippen LogP contribution < -0.4 is 9.47 Å². The molecule has 5 heteroatoms. The first kappa shape index (κ1) is 16.2. The molecule has 0 saturated heterocycles. The monoisotopic (exact) mass is 336 g/mol. The van der Waals surface area contributed by atoms with Gasteiger partial charge in [-0.05, 0) is 31.2 Å².